The Labute approximate surface area is 109 Å². The average molecular weight is 263 g/mol. The standard InChI is InChI=1S/C13H11ClN2O2/c14-10-5-3-9(4-6-10)8-18-13(17)12-11(15)2-1-7-16-12/h1-7H,8,15H2. The number of pyridine rings is 1. The summed E-state index contributed by atoms with van der Waals surface area (Å²) in [6.07, 6.45) is 1.50. The van der Waals surface area contributed by atoms with E-state index in [0.717, 1.165) is 5.56 Å². The van der Waals surface area contributed by atoms with Gasteiger partial charge in [0.25, 0.3) is 0 Å². The van der Waals surface area contributed by atoms with E-state index in [2.05, 4.69) is 4.98 Å². The number of carbonyl (C=O) groups is 1. The Morgan fingerprint density at radius 1 is 1.28 bits per heavy atom. The van der Waals surface area contributed by atoms with E-state index in [1.165, 1.54) is 6.20 Å². The number of nitrogen functional groups attached to an aromatic ring is 1. The summed E-state index contributed by atoms with van der Waals surface area (Å²) in [6.45, 7) is 0.159. The Balaban J connectivity index is 2.01. The van der Waals surface area contributed by atoms with Gasteiger partial charge in [-0.1, -0.05) is 23.7 Å². The van der Waals surface area contributed by atoms with Crippen LogP contribution in [-0.2, 0) is 11.3 Å². The maximum absolute atomic E-state index is 11.7. The summed E-state index contributed by atoms with van der Waals surface area (Å²) in [6, 6.07) is 10.3. The highest BCUT2D eigenvalue weighted by Crippen LogP contribution is 2.12. The number of esters is 1. The van der Waals surface area contributed by atoms with Gasteiger partial charge in [-0.15, -0.1) is 0 Å². The molecule has 1 aromatic heterocycles. The highest BCUT2D eigenvalue weighted by Gasteiger charge is 2.12. The monoisotopic (exact) mass is 262 g/mol. The molecule has 0 fully saturated rings. The lowest BCUT2D eigenvalue weighted by Gasteiger charge is -2.06. The maximum atomic E-state index is 11.7. The summed E-state index contributed by atoms with van der Waals surface area (Å²) >= 11 is 5.76. The van der Waals surface area contributed by atoms with Crippen molar-refractivity contribution in [1.29, 1.82) is 0 Å². The van der Waals surface area contributed by atoms with Crippen LogP contribution in [0, 0.1) is 0 Å². The highest BCUT2D eigenvalue weighted by atomic mass is 35.5. The molecule has 2 N–H and O–H groups in total. The molecule has 92 valence electrons. The first-order valence-electron chi connectivity index (χ1n) is 5.29. The molecule has 0 atom stereocenters. The molecule has 0 amide bonds. The summed E-state index contributed by atoms with van der Waals surface area (Å²) in [5.41, 5.74) is 6.91. The first-order chi connectivity index (χ1) is 8.66. The van der Waals surface area contributed by atoms with Crippen molar-refractivity contribution in [1.82, 2.24) is 4.98 Å². The molecule has 0 aliphatic heterocycles. The van der Waals surface area contributed by atoms with Gasteiger partial charge in [-0.05, 0) is 29.8 Å². The molecule has 0 saturated carbocycles. The average Bonchev–Trinajstić information content (AvgIpc) is 2.38. The van der Waals surface area contributed by atoms with Gasteiger partial charge in [0, 0.05) is 11.2 Å². The largest absolute Gasteiger partial charge is 0.456 e. The Hall–Kier alpha value is -2.07. The first-order valence-corrected chi connectivity index (χ1v) is 5.66. The Morgan fingerprint density at radius 3 is 2.67 bits per heavy atom. The fourth-order valence-corrected chi connectivity index (χ4v) is 1.51. The van der Waals surface area contributed by atoms with Crippen molar-refractivity contribution in [3.05, 3.63) is 58.9 Å². The molecule has 1 aromatic carbocycles. The minimum Gasteiger partial charge on any atom is -0.456 e. The zero-order valence-electron chi connectivity index (χ0n) is 9.47. The molecule has 1 heterocycles. The van der Waals surface area contributed by atoms with E-state index >= 15 is 0 Å². The summed E-state index contributed by atoms with van der Waals surface area (Å²) in [5.74, 6) is -0.539. The molecular formula is C13H11ClN2O2. The van der Waals surface area contributed by atoms with Crippen LogP contribution in [0.4, 0.5) is 5.69 Å². The van der Waals surface area contributed by atoms with E-state index in [9.17, 15) is 4.79 Å². The Bertz CT molecular complexity index is 555. The van der Waals surface area contributed by atoms with Crippen LogP contribution in [0.15, 0.2) is 42.6 Å². The van der Waals surface area contributed by atoms with Crippen LogP contribution >= 0.6 is 11.6 Å². The third-order valence-electron chi connectivity index (χ3n) is 2.32. The van der Waals surface area contributed by atoms with E-state index in [1.54, 1.807) is 36.4 Å². The third kappa shape index (κ3) is 2.99. The number of hydrogen-bond acceptors (Lipinski definition) is 4. The van der Waals surface area contributed by atoms with Crippen LogP contribution in [0.5, 0.6) is 0 Å². The number of rotatable bonds is 3. The zero-order valence-corrected chi connectivity index (χ0v) is 10.2. The second-order valence-electron chi connectivity index (χ2n) is 3.64. The zero-order chi connectivity index (χ0) is 13.0. The van der Waals surface area contributed by atoms with Gasteiger partial charge in [-0.3, -0.25) is 0 Å². The second kappa shape index (κ2) is 5.51. The van der Waals surface area contributed by atoms with Crippen LogP contribution in [-0.4, -0.2) is 11.0 Å². The minimum atomic E-state index is -0.539. The molecule has 2 aromatic rings. The van der Waals surface area contributed by atoms with E-state index in [0.29, 0.717) is 10.7 Å². The van der Waals surface area contributed by atoms with Gasteiger partial charge in [-0.2, -0.15) is 0 Å². The number of hydrogen-bond donors (Lipinski definition) is 1. The molecule has 18 heavy (non-hydrogen) atoms. The molecule has 0 spiro atoms. The van der Waals surface area contributed by atoms with Crippen molar-refractivity contribution in [2.45, 2.75) is 6.61 Å². The van der Waals surface area contributed by atoms with Gasteiger partial charge >= 0.3 is 5.97 Å². The first kappa shape index (κ1) is 12.4. The van der Waals surface area contributed by atoms with E-state index < -0.39 is 5.97 Å². The van der Waals surface area contributed by atoms with Gasteiger partial charge in [0.2, 0.25) is 0 Å². The topological polar surface area (TPSA) is 65.2 Å². The lowest BCUT2D eigenvalue weighted by molar-refractivity contribution is 0.0467. The molecule has 0 saturated heterocycles. The summed E-state index contributed by atoms with van der Waals surface area (Å²) < 4.78 is 5.11. The molecule has 0 radical (unpaired) electrons. The van der Waals surface area contributed by atoms with Crippen molar-refractivity contribution in [2.24, 2.45) is 0 Å². The molecule has 0 aliphatic rings. The molecule has 0 unspecified atom stereocenters. The van der Waals surface area contributed by atoms with Gasteiger partial charge in [0.1, 0.15) is 6.61 Å². The predicted molar refractivity (Wildman–Crippen MR) is 69.2 cm³/mol. The quantitative estimate of drug-likeness (QED) is 0.864. The number of halogens is 1. The predicted octanol–water partition coefficient (Wildman–Crippen LogP) is 2.67. The normalized spacial score (nSPS) is 10.1. The van der Waals surface area contributed by atoms with Crippen LogP contribution in [0.25, 0.3) is 0 Å². The highest BCUT2D eigenvalue weighted by molar-refractivity contribution is 6.30. The molecular weight excluding hydrogens is 252 g/mol. The smallest absolute Gasteiger partial charge is 0.359 e. The van der Waals surface area contributed by atoms with Crippen molar-refractivity contribution < 1.29 is 9.53 Å². The third-order valence-corrected chi connectivity index (χ3v) is 2.57. The van der Waals surface area contributed by atoms with Crippen molar-refractivity contribution >= 4 is 23.3 Å². The lowest BCUT2D eigenvalue weighted by atomic mass is 10.2. The Kier molecular flexibility index (Phi) is 3.79. The number of carbonyl (C=O) groups excluding carboxylic acids is 1. The van der Waals surface area contributed by atoms with Gasteiger partial charge in [0.15, 0.2) is 5.69 Å². The minimum absolute atomic E-state index is 0.131. The molecule has 0 bridgehead atoms. The van der Waals surface area contributed by atoms with Crippen LogP contribution in [0.3, 0.4) is 0 Å². The fraction of sp³-hybridized carbons (Fsp3) is 0.0769. The molecule has 5 heteroatoms. The number of anilines is 1. The number of ether oxygens (including phenoxy) is 1. The van der Waals surface area contributed by atoms with Crippen LogP contribution in [0.2, 0.25) is 5.02 Å². The van der Waals surface area contributed by atoms with E-state index in [-0.39, 0.29) is 12.3 Å². The van der Waals surface area contributed by atoms with Gasteiger partial charge in [0.05, 0.1) is 5.69 Å². The van der Waals surface area contributed by atoms with E-state index in [4.69, 9.17) is 22.1 Å². The number of nitrogens with zero attached hydrogens (tertiary/aromatic N) is 1. The number of nitrogens with two attached hydrogens (primary N) is 1. The van der Waals surface area contributed by atoms with Crippen molar-refractivity contribution in [3.8, 4) is 0 Å². The maximum Gasteiger partial charge on any atom is 0.359 e. The number of benzene rings is 1. The summed E-state index contributed by atoms with van der Waals surface area (Å²) in [7, 11) is 0. The van der Waals surface area contributed by atoms with Crippen LogP contribution in [0.1, 0.15) is 16.1 Å². The van der Waals surface area contributed by atoms with Gasteiger partial charge < -0.3 is 10.5 Å². The summed E-state index contributed by atoms with van der Waals surface area (Å²) in [4.78, 5) is 15.6. The second-order valence-corrected chi connectivity index (χ2v) is 4.08. The van der Waals surface area contributed by atoms with Gasteiger partial charge in [-0.25, -0.2) is 9.78 Å². The Morgan fingerprint density at radius 2 is 2.00 bits per heavy atom. The molecule has 2 rings (SSSR count). The molecule has 4 nitrogen and oxygen atoms in total. The van der Waals surface area contributed by atoms with Crippen LogP contribution < -0.4 is 5.73 Å². The van der Waals surface area contributed by atoms with Crippen molar-refractivity contribution in [2.75, 3.05) is 5.73 Å². The van der Waals surface area contributed by atoms with E-state index in [1.807, 2.05) is 0 Å². The van der Waals surface area contributed by atoms with Crippen molar-refractivity contribution in [3.63, 3.8) is 0 Å². The SMILES string of the molecule is Nc1cccnc1C(=O)OCc1ccc(Cl)cc1. The summed E-state index contributed by atoms with van der Waals surface area (Å²) in [5, 5.41) is 0.638. The lowest BCUT2D eigenvalue weighted by Crippen LogP contribution is -2.10. The fourth-order valence-electron chi connectivity index (χ4n) is 1.39. The number of aromatic nitrogens is 1. The molecule has 0 aliphatic carbocycles.